The zero-order valence-electron chi connectivity index (χ0n) is 11.8. The molecular formula is C14H13N3O4. The molecule has 0 radical (unpaired) electrons. The Morgan fingerprint density at radius 3 is 2.76 bits per heavy atom. The van der Waals surface area contributed by atoms with E-state index >= 15 is 0 Å². The molecule has 3 aromatic rings. The van der Waals surface area contributed by atoms with E-state index in [0.717, 1.165) is 0 Å². The largest absolute Gasteiger partial charge is 0.497 e. The van der Waals surface area contributed by atoms with Gasteiger partial charge >= 0.3 is 0 Å². The van der Waals surface area contributed by atoms with Crippen LogP contribution in [-0.4, -0.2) is 29.6 Å². The number of benzene rings is 1. The standard InChI is InChI=1S/C14H13N3O4/c1-7-11-13(21-17-7)12(15-16-14(11)18)9-5-4-8(19-2)6-10(9)20-3/h4-6H,1-3H3,(H,16,18). The van der Waals surface area contributed by atoms with E-state index in [2.05, 4.69) is 15.4 Å². The van der Waals surface area contributed by atoms with Gasteiger partial charge in [-0.1, -0.05) is 5.16 Å². The average molecular weight is 287 g/mol. The van der Waals surface area contributed by atoms with Crippen molar-refractivity contribution in [3.63, 3.8) is 0 Å². The Morgan fingerprint density at radius 2 is 2.05 bits per heavy atom. The molecule has 0 spiro atoms. The Hall–Kier alpha value is -2.83. The van der Waals surface area contributed by atoms with Crippen LogP contribution < -0.4 is 15.0 Å². The van der Waals surface area contributed by atoms with E-state index in [1.165, 1.54) is 0 Å². The van der Waals surface area contributed by atoms with Crippen LogP contribution >= 0.6 is 0 Å². The van der Waals surface area contributed by atoms with Crippen LogP contribution in [0.1, 0.15) is 5.69 Å². The lowest BCUT2D eigenvalue weighted by molar-refractivity contribution is 0.395. The molecule has 1 aromatic carbocycles. The third kappa shape index (κ3) is 2.03. The van der Waals surface area contributed by atoms with Crippen LogP contribution in [0.25, 0.3) is 22.2 Å². The number of nitrogens with one attached hydrogen (secondary N) is 1. The number of aryl methyl sites for hydroxylation is 1. The Kier molecular flexibility index (Phi) is 3.09. The number of nitrogens with zero attached hydrogens (tertiary/aromatic N) is 2. The summed E-state index contributed by atoms with van der Waals surface area (Å²) >= 11 is 0. The number of aromatic amines is 1. The molecule has 0 saturated heterocycles. The second kappa shape index (κ2) is 4.93. The van der Waals surface area contributed by atoms with Crippen LogP contribution in [0, 0.1) is 6.92 Å². The summed E-state index contributed by atoms with van der Waals surface area (Å²) in [7, 11) is 3.12. The Balaban J connectivity index is 2.31. The van der Waals surface area contributed by atoms with Gasteiger partial charge in [-0.2, -0.15) is 5.10 Å². The minimum atomic E-state index is -0.333. The molecule has 2 heterocycles. The molecule has 21 heavy (non-hydrogen) atoms. The zero-order chi connectivity index (χ0) is 15.0. The van der Waals surface area contributed by atoms with Gasteiger partial charge in [0.2, 0.25) is 5.58 Å². The Labute approximate surface area is 119 Å². The van der Waals surface area contributed by atoms with E-state index in [-0.39, 0.29) is 5.56 Å². The summed E-state index contributed by atoms with van der Waals surface area (Å²) in [5.74, 6) is 1.22. The molecule has 2 aromatic heterocycles. The van der Waals surface area contributed by atoms with Gasteiger partial charge in [-0.3, -0.25) is 4.79 Å². The number of hydrogen-bond acceptors (Lipinski definition) is 6. The zero-order valence-corrected chi connectivity index (χ0v) is 11.8. The van der Waals surface area contributed by atoms with Crippen molar-refractivity contribution in [1.82, 2.24) is 15.4 Å². The molecule has 0 aliphatic carbocycles. The Morgan fingerprint density at radius 1 is 1.24 bits per heavy atom. The summed E-state index contributed by atoms with van der Waals surface area (Å²) < 4.78 is 15.8. The first-order valence-corrected chi connectivity index (χ1v) is 6.22. The summed E-state index contributed by atoms with van der Waals surface area (Å²) in [4.78, 5) is 11.8. The fourth-order valence-corrected chi connectivity index (χ4v) is 2.19. The lowest BCUT2D eigenvalue weighted by Gasteiger charge is -2.09. The first-order valence-electron chi connectivity index (χ1n) is 6.22. The molecule has 0 atom stereocenters. The summed E-state index contributed by atoms with van der Waals surface area (Å²) in [6.07, 6.45) is 0. The molecule has 108 valence electrons. The molecule has 7 nitrogen and oxygen atoms in total. The molecule has 0 aliphatic rings. The minimum Gasteiger partial charge on any atom is -0.497 e. The normalized spacial score (nSPS) is 10.8. The van der Waals surface area contributed by atoms with Crippen molar-refractivity contribution in [1.29, 1.82) is 0 Å². The highest BCUT2D eigenvalue weighted by atomic mass is 16.5. The second-order valence-corrected chi connectivity index (χ2v) is 4.44. The fourth-order valence-electron chi connectivity index (χ4n) is 2.19. The van der Waals surface area contributed by atoms with Crippen molar-refractivity contribution in [2.45, 2.75) is 6.92 Å². The van der Waals surface area contributed by atoms with Crippen LogP contribution in [-0.2, 0) is 0 Å². The highest BCUT2D eigenvalue weighted by Gasteiger charge is 2.19. The maximum absolute atomic E-state index is 11.8. The van der Waals surface area contributed by atoms with Gasteiger partial charge in [0, 0.05) is 11.6 Å². The van der Waals surface area contributed by atoms with Crippen molar-refractivity contribution in [3.05, 3.63) is 34.2 Å². The highest BCUT2D eigenvalue weighted by molar-refractivity contribution is 5.91. The van der Waals surface area contributed by atoms with E-state index in [4.69, 9.17) is 14.0 Å². The monoisotopic (exact) mass is 287 g/mol. The number of H-pyrrole nitrogens is 1. The van der Waals surface area contributed by atoms with Crippen LogP contribution in [0.3, 0.4) is 0 Å². The number of rotatable bonds is 3. The van der Waals surface area contributed by atoms with Gasteiger partial charge in [-0.15, -0.1) is 0 Å². The highest BCUT2D eigenvalue weighted by Crippen LogP contribution is 2.35. The predicted octanol–water partition coefficient (Wildman–Crippen LogP) is 1.90. The molecule has 7 heteroatoms. The molecule has 0 amide bonds. The van der Waals surface area contributed by atoms with Crippen molar-refractivity contribution < 1.29 is 14.0 Å². The Bertz CT molecular complexity index is 866. The van der Waals surface area contributed by atoms with Gasteiger partial charge in [-0.05, 0) is 19.1 Å². The summed E-state index contributed by atoms with van der Waals surface area (Å²) in [5, 5.41) is 10.7. The fraction of sp³-hybridized carbons (Fsp3) is 0.214. The van der Waals surface area contributed by atoms with Crippen LogP contribution in [0.2, 0.25) is 0 Å². The van der Waals surface area contributed by atoms with Gasteiger partial charge < -0.3 is 14.0 Å². The summed E-state index contributed by atoms with van der Waals surface area (Å²) in [6.45, 7) is 1.70. The van der Waals surface area contributed by atoms with Gasteiger partial charge in [-0.25, -0.2) is 5.10 Å². The number of fused-ring (bicyclic) bond motifs is 1. The van der Waals surface area contributed by atoms with Crippen LogP contribution in [0.4, 0.5) is 0 Å². The van der Waals surface area contributed by atoms with E-state index in [1.807, 2.05) is 0 Å². The second-order valence-electron chi connectivity index (χ2n) is 4.44. The van der Waals surface area contributed by atoms with Gasteiger partial charge in [0.25, 0.3) is 5.56 Å². The van der Waals surface area contributed by atoms with Crippen molar-refractivity contribution in [2.75, 3.05) is 14.2 Å². The van der Waals surface area contributed by atoms with Gasteiger partial charge in [0.15, 0.2) is 0 Å². The molecular weight excluding hydrogens is 274 g/mol. The smallest absolute Gasteiger partial charge is 0.277 e. The van der Waals surface area contributed by atoms with Gasteiger partial charge in [0.1, 0.15) is 22.6 Å². The van der Waals surface area contributed by atoms with Crippen molar-refractivity contribution >= 4 is 11.0 Å². The number of aromatic nitrogens is 3. The quantitative estimate of drug-likeness (QED) is 0.791. The molecule has 0 saturated carbocycles. The van der Waals surface area contributed by atoms with Crippen LogP contribution in [0.5, 0.6) is 11.5 Å². The summed E-state index contributed by atoms with van der Waals surface area (Å²) in [6, 6.07) is 5.30. The number of ether oxygens (including phenoxy) is 2. The van der Waals surface area contributed by atoms with E-state index in [0.29, 0.717) is 39.4 Å². The van der Waals surface area contributed by atoms with Crippen molar-refractivity contribution in [3.8, 4) is 22.8 Å². The topological polar surface area (TPSA) is 90.2 Å². The number of hydrogen-bond donors (Lipinski definition) is 1. The van der Waals surface area contributed by atoms with E-state index in [1.54, 1.807) is 39.3 Å². The maximum Gasteiger partial charge on any atom is 0.277 e. The molecule has 1 N–H and O–H groups in total. The first kappa shape index (κ1) is 13.2. The molecule has 0 bridgehead atoms. The van der Waals surface area contributed by atoms with Crippen LogP contribution in [0.15, 0.2) is 27.5 Å². The third-order valence-corrected chi connectivity index (χ3v) is 3.24. The third-order valence-electron chi connectivity index (χ3n) is 3.24. The average Bonchev–Trinajstić information content (AvgIpc) is 2.90. The van der Waals surface area contributed by atoms with E-state index < -0.39 is 0 Å². The lowest BCUT2D eigenvalue weighted by Crippen LogP contribution is -2.09. The molecule has 0 fully saturated rings. The van der Waals surface area contributed by atoms with Crippen molar-refractivity contribution in [2.24, 2.45) is 0 Å². The molecule has 0 aliphatic heterocycles. The maximum atomic E-state index is 11.8. The first-order chi connectivity index (χ1) is 10.2. The van der Waals surface area contributed by atoms with Gasteiger partial charge in [0.05, 0.1) is 19.9 Å². The predicted molar refractivity (Wildman–Crippen MR) is 75.7 cm³/mol. The minimum absolute atomic E-state index is 0.333. The lowest BCUT2D eigenvalue weighted by atomic mass is 10.1. The number of methoxy groups -OCH3 is 2. The summed E-state index contributed by atoms with van der Waals surface area (Å²) in [5.41, 5.74) is 1.66. The van der Waals surface area contributed by atoms with E-state index in [9.17, 15) is 4.79 Å². The molecule has 3 rings (SSSR count). The SMILES string of the molecule is COc1ccc(-c2n[nH]c(=O)c3c(C)noc23)c(OC)c1. The molecule has 0 unspecified atom stereocenters.